The van der Waals surface area contributed by atoms with Crippen LogP contribution >= 0.6 is 0 Å². The van der Waals surface area contributed by atoms with Gasteiger partial charge in [-0.15, -0.1) is 0 Å². The van der Waals surface area contributed by atoms with Gasteiger partial charge in [0.25, 0.3) is 0 Å². The van der Waals surface area contributed by atoms with Crippen molar-refractivity contribution in [3.05, 3.63) is 27.9 Å². The highest BCUT2D eigenvalue weighted by Crippen LogP contribution is 2.12. The number of morpholine rings is 1. The van der Waals surface area contributed by atoms with Gasteiger partial charge in [-0.2, -0.15) is 4.98 Å². The number of hydrogen-bond donors (Lipinski definition) is 1. The molecular formula is C14H19N3O5. The highest BCUT2D eigenvalue weighted by Gasteiger charge is 2.29. The summed E-state index contributed by atoms with van der Waals surface area (Å²) in [6, 6.07) is 1.22. The number of carbonyl (C=O) groups is 2. The molecule has 1 aromatic heterocycles. The van der Waals surface area contributed by atoms with Crippen LogP contribution in [0.5, 0.6) is 0 Å². The lowest BCUT2D eigenvalue weighted by Gasteiger charge is -2.35. The molecule has 0 bridgehead atoms. The van der Waals surface area contributed by atoms with Crippen LogP contribution in [0.2, 0.25) is 0 Å². The summed E-state index contributed by atoms with van der Waals surface area (Å²) in [4.78, 5) is 40.5. The van der Waals surface area contributed by atoms with E-state index in [1.54, 1.807) is 19.9 Å². The Morgan fingerprint density at radius 3 is 2.82 bits per heavy atom. The monoisotopic (exact) mass is 309 g/mol. The first-order valence-corrected chi connectivity index (χ1v) is 7.02. The van der Waals surface area contributed by atoms with Gasteiger partial charge in [-0.05, 0) is 19.9 Å². The molecule has 1 fully saturated rings. The Kier molecular flexibility index (Phi) is 4.92. The zero-order chi connectivity index (χ0) is 16.3. The lowest BCUT2D eigenvalue weighted by molar-refractivity contribution is -0.146. The Balaban J connectivity index is 2.17. The maximum Gasteiger partial charge on any atom is 0.348 e. The zero-order valence-corrected chi connectivity index (χ0v) is 12.6. The molecule has 1 unspecified atom stereocenters. The van der Waals surface area contributed by atoms with Crippen LogP contribution in [-0.4, -0.2) is 57.2 Å². The van der Waals surface area contributed by atoms with E-state index in [2.05, 4.69) is 4.98 Å². The number of ether oxygens (including phenoxy) is 1. The van der Waals surface area contributed by atoms with Crippen molar-refractivity contribution in [1.29, 1.82) is 0 Å². The summed E-state index contributed by atoms with van der Waals surface area (Å²) in [5.41, 5.74) is 0.768. The van der Waals surface area contributed by atoms with Crippen molar-refractivity contribution in [2.24, 2.45) is 0 Å². The van der Waals surface area contributed by atoms with Gasteiger partial charge in [-0.3, -0.25) is 14.2 Å². The molecule has 0 saturated carbocycles. The summed E-state index contributed by atoms with van der Waals surface area (Å²) in [5.74, 6) is -1.29. The molecule has 2 rings (SSSR count). The molecule has 0 aliphatic carbocycles. The van der Waals surface area contributed by atoms with E-state index in [-0.39, 0.29) is 25.5 Å². The Bertz CT molecular complexity index is 640. The van der Waals surface area contributed by atoms with Gasteiger partial charge in [0.1, 0.15) is 6.54 Å². The SMILES string of the molecule is Cc1cc(C)n(CC(=O)N2CCOCC2CC(=O)O)c(=O)n1. The maximum absolute atomic E-state index is 12.4. The summed E-state index contributed by atoms with van der Waals surface area (Å²) in [6.07, 6.45) is -0.175. The smallest absolute Gasteiger partial charge is 0.348 e. The van der Waals surface area contributed by atoms with Gasteiger partial charge in [0.15, 0.2) is 0 Å². The number of rotatable bonds is 4. The van der Waals surface area contributed by atoms with Crippen LogP contribution in [0.25, 0.3) is 0 Å². The third kappa shape index (κ3) is 3.70. The number of carbonyl (C=O) groups excluding carboxylic acids is 1. The van der Waals surface area contributed by atoms with Crippen molar-refractivity contribution < 1.29 is 19.4 Å². The molecule has 1 aliphatic heterocycles. The molecule has 1 aliphatic rings. The summed E-state index contributed by atoms with van der Waals surface area (Å²) < 4.78 is 6.53. The topological polar surface area (TPSA) is 102 Å². The molecule has 8 heteroatoms. The number of aromatic nitrogens is 2. The van der Waals surface area contributed by atoms with E-state index in [0.29, 0.717) is 24.5 Å². The number of aryl methyl sites for hydroxylation is 2. The highest BCUT2D eigenvalue weighted by atomic mass is 16.5. The molecule has 1 amide bonds. The minimum Gasteiger partial charge on any atom is -0.481 e. The van der Waals surface area contributed by atoms with Crippen molar-refractivity contribution in [3.63, 3.8) is 0 Å². The first-order valence-electron chi connectivity index (χ1n) is 7.02. The molecule has 2 heterocycles. The van der Waals surface area contributed by atoms with Gasteiger partial charge in [0.2, 0.25) is 5.91 Å². The van der Waals surface area contributed by atoms with Crippen molar-refractivity contribution in [3.8, 4) is 0 Å². The molecule has 8 nitrogen and oxygen atoms in total. The van der Waals surface area contributed by atoms with E-state index in [4.69, 9.17) is 9.84 Å². The van der Waals surface area contributed by atoms with Crippen LogP contribution in [-0.2, 0) is 20.9 Å². The van der Waals surface area contributed by atoms with Crippen LogP contribution < -0.4 is 5.69 Å². The van der Waals surface area contributed by atoms with Gasteiger partial charge >= 0.3 is 11.7 Å². The van der Waals surface area contributed by atoms with E-state index in [0.717, 1.165) is 0 Å². The van der Waals surface area contributed by atoms with Crippen molar-refractivity contribution in [2.45, 2.75) is 32.9 Å². The second-order valence-corrected chi connectivity index (χ2v) is 5.32. The van der Waals surface area contributed by atoms with Crippen LogP contribution in [0.1, 0.15) is 17.8 Å². The molecule has 0 spiro atoms. The normalized spacial score (nSPS) is 18.3. The molecule has 1 aromatic rings. The average Bonchev–Trinajstić information content (AvgIpc) is 2.42. The van der Waals surface area contributed by atoms with Gasteiger partial charge in [0, 0.05) is 17.9 Å². The lowest BCUT2D eigenvalue weighted by Crippen LogP contribution is -2.51. The molecule has 22 heavy (non-hydrogen) atoms. The quantitative estimate of drug-likeness (QED) is 0.809. The van der Waals surface area contributed by atoms with Gasteiger partial charge in [0.05, 0.1) is 25.7 Å². The second kappa shape index (κ2) is 6.69. The predicted molar refractivity (Wildman–Crippen MR) is 76.5 cm³/mol. The third-order valence-corrected chi connectivity index (χ3v) is 3.60. The van der Waals surface area contributed by atoms with E-state index < -0.39 is 17.7 Å². The fourth-order valence-corrected chi connectivity index (χ4v) is 2.55. The number of carboxylic acid groups (broad SMARTS) is 1. The number of nitrogens with zero attached hydrogens (tertiary/aromatic N) is 3. The second-order valence-electron chi connectivity index (χ2n) is 5.32. The first-order chi connectivity index (χ1) is 10.4. The number of aliphatic carboxylic acids is 1. The van der Waals surface area contributed by atoms with E-state index in [1.807, 2.05) is 0 Å². The number of amides is 1. The Hall–Kier alpha value is -2.22. The molecule has 1 atom stereocenters. The van der Waals surface area contributed by atoms with E-state index in [1.165, 1.54) is 9.47 Å². The maximum atomic E-state index is 12.4. The summed E-state index contributed by atoms with van der Waals surface area (Å²) in [7, 11) is 0. The largest absolute Gasteiger partial charge is 0.481 e. The molecule has 120 valence electrons. The third-order valence-electron chi connectivity index (χ3n) is 3.60. The van der Waals surface area contributed by atoms with Crippen LogP contribution in [0.15, 0.2) is 10.9 Å². The van der Waals surface area contributed by atoms with Crippen molar-refractivity contribution >= 4 is 11.9 Å². The minimum absolute atomic E-state index is 0.145. The molecule has 0 radical (unpaired) electrons. The fourth-order valence-electron chi connectivity index (χ4n) is 2.55. The van der Waals surface area contributed by atoms with Gasteiger partial charge < -0.3 is 14.7 Å². The van der Waals surface area contributed by atoms with Gasteiger partial charge in [-0.1, -0.05) is 0 Å². The Morgan fingerprint density at radius 1 is 1.45 bits per heavy atom. The summed E-state index contributed by atoms with van der Waals surface area (Å²) in [6.45, 7) is 4.18. The van der Waals surface area contributed by atoms with Gasteiger partial charge in [-0.25, -0.2) is 4.79 Å². The Labute approximate surface area is 127 Å². The summed E-state index contributed by atoms with van der Waals surface area (Å²) in [5, 5.41) is 8.92. The average molecular weight is 309 g/mol. The van der Waals surface area contributed by atoms with E-state index in [9.17, 15) is 14.4 Å². The first kappa shape index (κ1) is 16.2. The van der Waals surface area contributed by atoms with Crippen LogP contribution in [0.3, 0.4) is 0 Å². The fraction of sp³-hybridized carbons (Fsp3) is 0.571. The van der Waals surface area contributed by atoms with Crippen molar-refractivity contribution in [1.82, 2.24) is 14.5 Å². The molecular weight excluding hydrogens is 290 g/mol. The molecule has 1 N–H and O–H groups in total. The lowest BCUT2D eigenvalue weighted by atomic mass is 10.1. The minimum atomic E-state index is -0.987. The predicted octanol–water partition coefficient (Wildman–Crippen LogP) is -0.438. The number of carboxylic acids is 1. The standard InChI is InChI=1S/C14H19N3O5/c1-9-5-10(2)17(14(21)15-9)7-12(18)16-3-4-22-8-11(16)6-13(19)20/h5,11H,3-4,6-8H2,1-2H3,(H,19,20). The summed E-state index contributed by atoms with van der Waals surface area (Å²) >= 11 is 0. The van der Waals surface area contributed by atoms with Crippen LogP contribution in [0.4, 0.5) is 0 Å². The number of hydrogen-bond acceptors (Lipinski definition) is 5. The van der Waals surface area contributed by atoms with Crippen molar-refractivity contribution in [2.75, 3.05) is 19.8 Å². The highest BCUT2D eigenvalue weighted by molar-refractivity contribution is 5.77. The Morgan fingerprint density at radius 2 is 2.18 bits per heavy atom. The zero-order valence-electron chi connectivity index (χ0n) is 12.6. The molecule has 0 aromatic carbocycles. The van der Waals surface area contributed by atoms with E-state index >= 15 is 0 Å². The van der Waals surface area contributed by atoms with Crippen LogP contribution in [0, 0.1) is 13.8 Å². The molecule has 1 saturated heterocycles.